The fourth-order valence-corrected chi connectivity index (χ4v) is 3.94. The Hall–Kier alpha value is -3.67. The lowest BCUT2D eigenvalue weighted by atomic mass is 10.0. The molecule has 0 aliphatic rings. The van der Waals surface area contributed by atoms with Crippen molar-refractivity contribution in [2.75, 3.05) is 27.9 Å². The molecule has 33 heavy (non-hydrogen) atoms. The van der Waals surface area contributed by atoms with Crippen molar-refractivity contribution in [3.63, 3.8) is 0 Å². The zero-order chi connectivity index (χ0) is 23.4. The van der Waals surface area contributed by atoms with Crippen molar-refractivity contribution >= 4 is 11.0 Å². The Morgan fingerprint density at radius 3 is 2.12 bits per heavy atom. The Morgan fingerprint density at radius 2 is 1.52 bits per heavy atom. The number of imidazole rings is 1. The molecule has 0 atom stereocenters. The Balaban J connectivity index is 1.66. The van der Waals surface area contributed by atoms with Gasteiger partial charge in [0.1, 0.15) is 18.2 Å². The van der Waals surface area contributed by atoms with Gasteiger partial charge in [-0.2, -0.15) is 0 Å². The minimum absolute atomic E-state index is 0.498. The van der Waals surface area contributed by atoms with Crippen LogP contribution in [0, 0.1) is 0 Å². The molecule has 0 unspecified atom stereocenters. The number of methoxy groups -OCH3 is 3. The monoisotopic (exact) mass is 446 g/mol. The molecule has 0 spiro atoms. The fraction of sp³-hybridized carbons (Fsp3) is 0.296. The van der Waals surface area contributed by atoms with E-state index in [9.17, 15) is 0 Å². The maximum Gasteiger partial charge on any atom is 0.203 e. The van der Waals surface area contributed by atoms with E-state index in [1.807, 2.05) is 42.5 Å². The van der Waals surface area contributed by atoms with E-state index >= 15 is 0 Å². The lowest BCUT2D eigenvalue weighted by Crippen LogP contribution is -2.10. The molecule has 0 fully saturated rings. The number of benzene rings is 3. The molecule has 6 nitrogen and oxygen atoms in total. The number of aromatic nitrogens is 2. The maximum absolute atomic E-state index is 6.06. The van der Waals surface area contributed by atoms with Crippen LogP contribution in [-0.2, 0) is 6.54 Å². The van der Waals surface area contributed by atoms with Crippen LogP contribution in [0.3, 0.4) is 0 Å². The highest BCUT2D eigenvalue weighted by Crippen LogP contribution is 2.41. The van der Waals surface area contributed by atoms with Gasteiger partial charge in [0.05, 0.1) is 38.9 Å². The Morgan fingerprint density at radius 1 is 0.848 bits per heavy atom. The largest absolute Gasteiger partial charge is 0.493 e. The van der Waals surface area contributed by atoms with Crippen LogP contribution in [0.25, 0.3) is 22.4 Å². The highest BCUT2D eigenvalue weighted by atomic mass is 16.5. The normalized spacial score (nSPS) is 11.1. The molecular weight excluding hydrogens is 416 g/mol. The van der Waals surface area contributed by atoms with Gasteiger partial charge in [0.25, 0.3) is 0 Å². The summed E-state index contributed by atoms with van der Waals surface area (Å²) in [7, 11) is 4.82. The summed E-state index contributed by atoms with van der Waals surface area (Å²) >= 11 is 0. The SMILES string of the molecule is COc1cc(-c2nc3ccccc3n2CCOc2ccc(C(C)C)cc2)cc(OC)c1OC. The number of para-hydroxylation sites is 2. The predicted octanol–water partition coefficient (Wildman–Crippen LogP) is 5.93. The quantitative estimate of drug-likeness (QED) is 0.319. The topological polar surface area (TPSA) is 54.7 Å². The third kappa shape index (κ3) is 4.60. The van der Waals surface area contributed by atoms with Gasteiger partial charge in [0.2, 0.25) is 5.75 Å². The third-order valence-electron chi connectivity index (χ3n) is 5.71. The van der Waals surface area contributed by atoms with Crippen molar-refractivity contribution < 1.29 is 18.9 Å². The molecule has 0 aliphatic heterocycles. The van der Waals surface area contributed by atoms with Gasteiger partial charge in [-0.25, -0.2) is 4.98 Å². The summed E-state index contributed by atoms with van der Waals surface area (Å²) in [4.78, 5) is 4.90. The second-order valence-electron chi connectivity index (χ2n) is 8.06. The van der Waals surface area contributed by atoms with Crippen LogP contribution in [0.15, 0.2) is 60.7 Å². The first-order chi connectivity index (χ1) is 16.0. The van der Waals surface area contributed by atoms with Crippen LogP contribution >= 0.6 is 0 Å². The fourth-order valence-electron chi connectivity index (χ4n) is 3.94. The summed E-state index contributed by atoms with van der Waals surface area (Å²) in [5.74, 6) is 3.91. The van der Waals surface area contributed by atoms with E-state index in [1.54, 1.807) is 21.3 Å². The molecule has 0 aliphatic carbocycles. The van der Waals surface area contributed by atoms with E-state index in [-0.39, 0.29) is 0 Å². The Bertz CT molecular complexity index is 1200. The van der Waals surface area contributed by atoms with Crippen molar-refractivity contribution in [1.82, 2.24) is 9.55 Å². The summed E-state index contributed by atoms with van der Waals surface area (Å²) in [6.07, 6.45) is 0. The summed E-state index contributed by atoms with van der Waals surface area (Å²) in [5.41, 5.74) is 4.14. The zero-order valence-corrected chi connectivity index (χ0v) is 19.8. The summed E-state index contributed by atoms with van der Waals surface area (Å²) in [6, 6.07) is 20.2. The van der Waals surface area contributed by atoms with E-state index in [0.29, 0.717) is 36.3 Å². The third-order valence-corrected chi connectivity index (χ3v) is 5.71. The molecule has 0 N–H and O–H groups in total. The molecule has 4 rings (SSSR count). The first kappa shape index (κ1) is 22.5. The molecule has 0 amide bonds. The second kappa shape index (κ2) is 9.86. The van der Waals surface area contributed by atoms with E-state index < -0.39 is 0 Å². The molecule has 0 radical (unpaired) electrons. The molecule has 1 aromatic heterocycles. The van der Waals surface area contributed by atoms with Crippen LogP contribution < -0.4 is 18.9 Å². The smallest absolute Gasteiger partial charge is 0.203 e. The number of ether oxygens (including phenoxy) is 4. The summed E-state index contributed by atoms with van der Waals surface area (Å²) < 4.78 is 24.8. The second-order valence-corrected chi connectivity index (χ2v) is 8.06. The van der Waals surface area contributed by atoms with Gasteiger partial charge < -0.3 is 23.5 Å². The van der Waals surface area contributed by atoms with Crippen molar-refractivity contribution in [2.45, 2.75) is 26.3 Å². The molecule has 6 heteroatoms. The van der Waals surface area contributed by atoms with Crippen LogP contribution in [0.1, 0.15) is 25.3 Å². The molecule has 0 saturated heterocycles. The molecule has 4 aromatic rings. The minimum Gasteiger partial charge on any atom is -0.493 e. The molecule has 172 valence electrons. The average molecular weight is 447 g/mol. The number of rotatable bonds is 9. The van der Waals surface area contributed by atoms with Gasteiger partial charge in [0.15, 0.2) is 11.5 Å². The van der Waals surface area contributed by atoms with Gasteiger partial charge in [-0.15, -0.1) is 0 Å². The van der Waals surface area contributed by atoms with E-state index in [0.717, 1.165) is 28.2 Å². The van der Waals surface area contributed by atoms with Crippen LogP contribution in [0.4, 0.5) is 0 Å². The predicted molar refractivity (Wildman–Crippen MR) is 131 cm³/mol. The zero-order valence-electron chi connectivity index (χ0n) is 19.8. The first-order valence-corrected chi connectivity index (χ1v) is 11.0. The number of nitrogens with zero attached hydrogens (tertiary/aromatic N) is 2. The van der Waals surface area contributed by atoms with Gasteiger partial charge in [0, 0.05) is 5.56 Å². The molecule has 0 saturated carbocycles. The van der Waals surface area contributed by atoms with Crippen molar-refractivity contribution in [3.05, 3.63) is 66.2 Å². The van der Waals surface area contributed by atoms with E-state index in [2.05, 4.69) is 36.6 Å². The minimum atomic E-state index is 0.498. The number of fused-ring (bicyclic) bond motifs is 1. The maximum atomic E-state index is 6.06. The standard InChI is InChI=1S/C27H30N2O4/c1-18(2)19-10-12-21(13-11-19)33-15-14-29-23-9-7-6-8-22(23)28-27(29)20-16-24(30-3)26(32-5)25(17-20)31-4/h6-13,16-18H,14-15H2,1-5H3. The van der Waals surface area contributed by atoms with Gasteiger partial charge in [-0.1, -0.05) is 38.1 Å². The summed E-state index contributed by atoms with van der Waals surface area (Å²) in [5, 5.41) is 0. The van der Waals surface area contributed by atoms with E-state index in [4.69, 9.17) is 23.9 Å². The van der Waals surface area contributed by atoms with Gasteiger partial charge in [-0.3, -0.25) is 0 Å². The number of hydrogen-bond donors (Lipinski definition) is 0. The molecule has 3 aromatic carbocycles. The highest BCUT2D eigenvalue weighted by Gasteiger charge is 2.19. The average Bonchev–Trinajstić information content (AvgIpc) is 3.22. The lowest BCUT2D eigenvalue weighted by molar-refractivity contribution is 0.300. The van der Waals surface area contributed by atoms with Crippen LogP contribution in [0.2, 0.25) is 0 Å². The van der Waals surface area contributed by atoms with Crippen LogP contribution in [0.5, 0.6) is 23.0 Å². The van der Waals surface area contributed by atoms with Crippen molar-refractivity contribution in [1.29, 1.82) is 0 Å². The summed E-state index contributed by atoms with van der Waals surface area (Å²) in [6.45, 7) is 5.52. The molecule has 1 heterocycles. The van der Waals surface area contributed by atoms with Crippen molar-refractivity contribution in [2.24, 2.45) is 0 Å². The van der Waals surface area contributed by atoms with Gasteiger partial charge >= 0.3 is 0 Å². The molecular formula is C27H30N2O4. The van der Waals surface area contributed by atoms with Crippen molar-refractivity contribution in [3.8, 4) is 34.4 Å². The van der Waals surface area contributed by atoms with Gasteiger partial charge in [-0.05, 0) is 47.9 Å². The Labute approximate surface area is 194 Å². The molecule has 0 bridgehead atoms. The lowest BCUT2D eigenvalue weighted by Gasteiger charge is -2.15. The first-order valence-electron chi connectivity index (χ1n) is 11.0. The highest BCUT2D eigenvalue weighted by molar-refractivity contribution is 5.81. The van der Waals surface area contributed by atoms with E-state index in [1.165, 1.54) is 5.56 Å². The number of hydrogen-bond acceptors (Lipinski definition) is 5. The van der Waals surface area contributed by atoms with Crippen LogP contribution in [-0.4, -0.2) is 37.5 Å². The Kier molecular flexibility index (Phi) is 6.73.